The zero-order chi connectivity index (χ0) is 4.95. The van der Waals surface area contributed by atoms with Gasteiger partial charge >= 0.3 is 0 Å². The van der Waals surface area contributed by atoms with E-state index in [-0.39, 0.29) is 0 Å². The fourth-order valence-electron chi connectivity index (χ4n) is 0.593. The van der Waals surface area contributed by atoms with Crippen molar-refractivity contribution >= 4 is 17.2 Å². The summed E-state index contributed by atoms with van der Waals surface area (Å²) in [5, 5.41) is 3.37. The minimum Gasteiger partial charge on any atom is -0.309 e. The molecule has 2 unspecified atom stereocenters. The van der Waals surface area contributed by atoms with Gasteiger partial charge in [-0.25, -0.2) is 0 Å². The number of hydrogen-bond acceptors (Lipinski definition) is 1. The van der Waals surface area contributed by atoms with E-state index in [1.165, 1.54) is 42.1 Å². The smallest absolute Gasteiger partial charge is 0.0130 e. The molecule has 1 aliphatic rings. The minimum atomic E-state index is 1.19. The third-order valence-electron chi connectivity index (χ3n) is 0.979. The van der Waals surface area contributed by atoms with Gasteiger partial charge in [0.25, 0.3) is 0 Å². The molecular formula is C4H11NP2. The first-order chi connectivity index (χ1) is 3.50. The van der Waals surface area contributed by atoms with Gasteiger partial charge in [-0.2, -0.15) is 0 Å². The van der Waals surface area contributed by atoms with E-state index < -0.39 is 0 Å². The van der Waals surface area contributed by atoms with Crippen molar-refractivity contribution < 1.29 is 0 Å². The summed E-state index contributed by atoms with van der Waals surface area (Å²) in [7, 11) is 2.38. The molecule has 1 aliphatic heterocycles. The Bertz CT molecular complexity index is 29.3. The summed E-state index contributed by atoms with van der Waals surface area (Å²) in [6.07, 6.45) is 5.52. The molecule has 3 heteroatoms. The molecule has 1 N–H and O–H groups in total. The van der Waals surface area contributed by atoms with Crippen LogP contribution in [-0.4, -0.2) is 24.9 Å². The quantitative estimate of drug-likeness (QED) is 0.486. The summed E-state index contributed by atoms with van der Waals surface area (Å²) >= 11 is 0. The molecule has 7 heavy (non-hydrogen) atoms. The molecule has 1 saturated heterocycles. The van der Waals surface area contributed by atoms with Crippen LogP contribution in [0.5, 0.6) is 0 Å². The summed E-state index contributed by atoms with van der Waals surface area (Å²) in [6, 6.07) is 0. The Balaban J connectivity index is 2.04. The molecule has 0 spiro atoms. The predicted octanol–water partition coefficient (Wildman–Crippen LogP) is 0.862. The minimum absolute atomic E-state index is 1.19. The highest BCUT2D eigenvalue weighted by Gasteiger charge is 1.93. The number of hydrogen-bond donors (Lipinski definition) is 1. The Labute approximate surface area is 48.2 Å². The normalized spacial score (nSPS) is 30.9. The lowest BCUT2D eigenvalue weighted by Crippen LogP contribution is -2.07. The first kappa shape index (κ1) is 5.95. The zero-order valence-electron chi connectivity index (χ0n) is 4.33. The second-order valence-electron chi connectivity index (χ2n) is 1.60. The van der Waals surface area contributed by atoms with Gasteiger partial charge in [0.2, 0.25) is 0 Å². The highest BCUT2D eigenvalue weighted by molar-refractivity contribution is 7.43. The lowest BCUT2D eigenvalue weighted by Gasteiger charge is -1.92. The molecule has 0 aromatic carbocycles. The summed E-state index contributed by atoms with van der Waals surface area (Å²) in [6.45, 7) is 0. The van der Waals surface area contributed by atoms with Crippen LogP contribution in [0.25, 0.3) is 0 Å². The maximum absolute atomic E-state index is 3.37. The molecule has 0 radical (unpaired) electrons. The van der Waals surface area contributed by atoms with Gasteiger partial charge in [0.1, 0.15) is 0 Å². The first-order valence-electron chi connectivity index (χ1n) is 2.62. The van der Waals surface area contributed by atoms with Gasteiger partial charge in [0.15, 0.2) is 0 Å². The third-order valence-corrected chi connectivity index (χ3v) is 3.69. The van der Waals surface area contributed by atoms with E-state index in [2.05, 4.69) is 5.32 Å². The number of nitrogens with one attached hydrogen (secondary N) is 1. The monoisotopic (exact) mass is 135 g/mol. The van der Waals surface area contributed by atoms with Crippen LogP contribution in [0, 0.1) is 0 Å². The summed E-state index contributed by atoms with van der Waals surface area (Å²) in [4.78, 5) is 0. The molecular weight excluding hydrogens is 124 g/mol. The van der Waals surface area contributed by atoms with Gasteiger partial charge in [-0.05, 0) is 12.3 Å². The van der Waals surface area contributed by atoms with Gasteiger partial charge in [-0.15, -0.1) is 17.2 Å². The van der Waals surface area contributed by atoms with E-state index >= 15 is 0 Å². The molecule has 0 aromatic rings. The largest absolute Gasteiger partial charge is 0.309 e. The van der Waals surface area contributed by atoms with Gasteiger partial charge in [-0.3, -0.25) is 0 Å². The van der Waals surface area contributed by atoms with Crippen molar-refractivity contribution in [2.24, 2.45) is 0 Å². The molecule has 1 fully saturated rings. The van der Waals surface area contributed by atoms with Crippen LogP contribution < -0.4 is 5.32 Å². The first-order valence-corrected chi connectivity index (χ1v) is 5.45. The van der Waals surface area contributed by atoms with Crippen LogP contribution in [0.1, 0.15) is 0 Å². The van der Waals surface area contributed by atoms with Crippen LogP contribution in [-0.2, 0) is 0 Å². The maximum Gasteiger partial charge on any atom is 0.0130 e. The molecule has 0 aromatic heterocycles. The second kappa shape index (κ2) is 3.78. The van der Waals surface area contributed by atoms with E-state index in [0.29, 0.717) is 0 Å². The molecule has 0 bridgehead atoms. The van der Waals surface area contributed by atoms with Crippen molar-refractivity contribution in [2.45, 2.75) is 0 Å². The molecule has 0 aliphatic carbocycles. The van der Waals surface area contributed by atoms with Crippen molar-refractivity contribution in [3.63, 3.8) is 0 Å². The Morgan fingerprint density at radius 1 is 1.00 bits per heavy atom. The third kappa shape index (κ3) is 2.59. The van der Waals surface area contributed by atoms with Gasteiger partial charge in [0.05, 0.1) is 0 Å². The molecule has 1 rings (SSSR count). The highest BCUT2D eigenvalue weighted by atomic mass is 31.1. The topological polar surface area (TPSA) is 12.0 Å². The Hall–Kier alpha value is 0.820. The van der Waals surface area contributed by atoms with E-state index in [0.717, 1.165) is 0 Å². The lowest BCUT2D eigenvalue weighted by molar-refractivity contribution is 0.946. The fourth-order valence-corrected chi connectivity index (χ4v) is 3.21. The van der Waals surface area contributed by atoms with Crippen LogP contribution in [0.3, 0.4) is 0 Å². The van der Waals surface area contributed by atoms with Crippen molar-refractivity contribution in [3.8, 4) is 0 Å². The molecule has 42 valence electrons. The van der Waals surface area contributed by atoms with E-state index in [1.54, 1.807) is 0 Å². The predicted molar refractivity (Wildman–Crippen MR) is 39.2 cm³/mol. The average Bonchev–Trinajstić information content (AvgIpc) is 1.90. The van der Waals surface area contributed by atoms with Crippen molar-refractivity contribution in [3.05, 3.63) is 0 Å². The highest BCUT2D eigenvalue weighted by Crippen LogP contribution is 2.18. The van der Waals surface area contributed by atoms with Crippen molar-refractivity contribution in [2.75, 3.05) is 24.9 Å². The van der Waals surface area contributed by atoms with Crippen molar-refractivity contribution in [1.82, 2.24) is 5.32 Å². The molecule has 0 saturated carbocycles. The van der Waals surface area contributed by atoms with Crippen molar-refractivity contribution in [1.29, 1.82) is 0 Å². The fraction of sp³-hybridized carbons (Fsp3) is 1.00. The zero-order valence-corrected chi connectivity index (χ0v) is 6.33. The lowest BCUT2D eigenvalue weighted by atomic mass is 11.0. The van der Waals surface area contributed by atoms with E-state index in [1.807, 2.05) is 0 Å². The molecule has 1 nitrogen and oxygen atoms in total. The summed E-state index contributed by atoms with van der Waals surface area (Å²) < 4.78 is 0. The van der Waals surface area contributed by atoms with Crippen LogP contribution in [0.15, 0.2) is 0 Å². The molecule has 1 heterocycles. The Kier molecular flexibility index (Phi) is 3.21. The van der Waals surface area contributed by atoms with E-state index in [9.17, 15) is 0 Å². The molecule has 0 amide bonds. The maximum atomic E-state index is 3.37. The van der Waals surface area contributed by atoms with Gasteiger partial charge in [0, 0.05) is 12.6 Å². The number of rotatable bonds is 0. The van der Waals surface area contributed by atoms with E-state index in [4.69, 9.17) is 0 Å². The second-order valence-corrected chi connectivity index (χ2v) is 4.31. The van der Waals surface area contributed by atoms with Gasteiger partial charge in [-0.1, -0.05) is 0 Å². The average molecular weight is 135 g/mol. The summed E-state index contributed by atoms with van der Waals surface area (Å²) in [5.41, 5.74) is 0. The van der Waals surface area contributed by atoms with Crippen LogP contribution in [0.4, 0.5) is 0 Å². The standard InChI is InChI=1S/C4H11NP2/c1-2-7-4-5-3-6-1/h5-7H,1-4H2. The molecule has 2 atom stereocenters. The SMILES string of the molecule is C1CPCNCP1. The van der Waals surface area contributed by atoms with Crippen LogP contribution >= 0.6 is 17.2 Å². The Morgan fingerprint density at radius 2 is 1.57 bits per heavy atom. The Morgan fingerprint density at radius 3 is 2.14 bits per heavy atom. The van der Waals surface area contributed by atoms with Crippen LogP contribution in [0.2, 0.25) is 0 Å². The van der Waals surface area contributed by atoms with Gasteiger partial charge < -0.3 is 5.32 Å². The summed E-state index contributed by atoms with van der Waals surface area (Å²) in [5.74, 6) is 0.